The van der Waals surface area contributed by atoms with Crippen molar-refractivity contribution in [2.45, 2.75) is 26.3 Å². The second-order valence-electron chi connectivity index (χ2n) is 5.25. The fourth-order valence-electron chi connectivity index (χ4n) is 2.14. The van der Waals surface area contributed by atoms with Crippen LogP contribution in [0, 0.1) is 5.82 Å². The van der Waals surface area contributed by atoms with E-state index in [9.17, 15) is 9.18 Å². The van der Waals surface area contributed by atoms with Gasteiger partial charge in [-0.15, -0.1) is 0 Å². The highest BCUT2D eigenvalue weighted by Crippen LogP contribution is 2.26. The number of nitrogens with one attached hydrogen (secondary N) is 1. The van der Waals surface area contributed by atoms with E-state index in [0.717, 1.165) is 16.5 Å². The Balaban J connectivity index is 1.88. The van der Waals surface area contributed by atoms with Gasteiger partial charge in [0.25, 0.3) is 5.91 Å². The lowest BCUT2D eigenvalue weighted by atomic mass is 10.1. The first kappa shape index (κ1) is 17.5. The average molecular weight is 380 g/mol. The molecule has 2 aromatic rings. The summed E-state index contributed by atoms with van der Waals surface area (Å²) in [7, 11) is 0. The Morgan fingerprint density at radius 2 is 1.96 bits per heavy atom. The van der Waals surface area contributed by atoms with Gasteiger partial charge in [-0.2, -0.15) is 0 Å². The average Bonchev–Trinajstić information content (AvgIpc) is 2.54. The summed E-state index contributed by atoms with van der Waals surface area (Å²) in [5.74, 6) is 0.107. The first-order valence-corrected chi connectivity index (χ1v) is 8.25. The summed E-state index contributed by atoms with van der Waals surface area (Å²) >= 11 is 3.44. The second kappa shape index (κ2) is 8.11. The number of amides is 1. The zero-order valence-electron chi connectivity index (χ0n) is 13.1. The minimum Gasteiger partial charge on any atom is -0.483 e. The largest absolute Gasteiger partial charge is 0.483 e. The molecule has 0 heterocycles. The molecule has 2 rings (SSSR count). The Hall–Kier alpha value is -1.88. The van der Waals surface area contributed by atoms with Crippen LogP contribution in [0.3, 0.4) is 0 Å². The number of benzene rings is 2. The summed E-state index contributed by atoms with van der Waals surface area (Å²) in [6.45, 7) is 3.85. The summed E-state index contributed by atoms with van der Waals surface area (Å²) in [6.07, 6.45) is 0.939. The van der Waals surface area contributed by atoms with Crippen LogP contribution in [-0.2, 0) is 11.2 Å². The normalized spacial score (nSPS) is 11.8. The van der Waals surface area contributed by atoms with Crippen molar-refractivity contribution in [2.75, 3.05) is 6.61 Å². The van der Waals surface area contributed by atoms with Crippen LogP contribution in [0.2, 0.25) is 0 Å². The fraction of sp³-hybridized carbons (Fsp3) is 0.278. The Morgan fingerprint density at radius 3 is 2.57 bits per heavy atom. The van der Waals surface area contributed by atoms with Gasteiger partial charge in [0.15, 0.2) is 6.61 Å². The van der Waals surface area contributed by atoms with Gasteiger partial charge in [0.05, 0.1) is 10.5 Å². The van der Waals surface area contributed by atoms with E-state index in [4.69, 9.17) is 4.74 Å². The van der Waals surface area contributed by atoms with Gasteiger partial charge in [0.1, 0.15) is 11.6 Å². The molecule has 5 heteroatoms. The maximum absolute atomic E-state index is 12.9. The van der Waals surface area contributed by atoms with Gasteiger partial charge in [0, 0.05) is 0 Å². The Morgan fingerprint density at radius 1 is 1.26 bits per heavy atom. The molecule has 1 unspecified atom stereocenters. The van der Waals surface area contributed by atoms with Crippen LogP contribution in [-0.4, -0.2) is 12.5 Å². The summed E-state index contributed by atoms with van der Waals surface area (Å²) in [5, 5.41) is 2.83. The van der Waals surface area contributed by atoms with Crippen molar-refractivity contribution in [1.29, 1.82) is 0 Å². The molecular formula is C18H19BrFNO2. The molecule has 2 aromatic carbocycles. The molecule has 1 amide bonds. The molecule has 0 bridgehead atoms. The van der Waals surface area contributed by atoms with Crippen LogP contribution < -0.4 is 10.1 Å². The van der Waals surface area contributed by atoms with E-state index in [1.807, 2.05) is 25.1 Å². The van der Waals surface area contributed by atoms with Crippen molar-refractivity contribution in [1.82, 2.24) is 5.32 Å². The van der Waals surface area contributed by atoms with E-state index in [2.05, 4.69) is 28.2 Å². The molecular weight excluding hydrogens is 361 g/mol. The quantitative estimate of drug-likeness (QED) is 0.807. The lowest BCUT2D eigenvalue weighted by molar-refractivity contribution is -0.123. The summed E-state index contributed by atoms with van der Waals surface area (Å²) in [6, 6.07) is 11.6. The number of aryl methyl sites for hydroxylation is 1. The Bertz CT molecular complexity index is 673. The maximum atomic E-state index is 12.9. The number of carbonyl (C=O) groups excluding carboxylic acids is 1. The van der Waals surface area contributed by atoms with Crippen LogP contribution >= 0.6 is 15.9 Å². The van der Waals surface area contributed by atoms with E-state index in [1.165, 1.54) is 17.7 Å². The second-order valence-corrected chi connectivity index (χ2v) is 6.10. The molecule has 0 saturated heterocycles. The number of ether oxygens (including phenoxy) is 1. The SMILES string of the molecule is CCc1ccc(OCC(=O)NC(C)c2ccc(F)cc2)c(Br)c1. The predicted octanol–water partition coefficient (Wildman–Crippen LogP) is 4.41. The standard InChI is InChI=1S/C18H19BrFNO2/c1-3-13-4-9-17(16(19)10-13)23-11-18(22)21-12(2)14-5-7-15(20)8-6-14/h4-10,12H,3,11H2,1-2H3,(H,21,22). The lowest BCUT2D eigenvalue weighted by Gasteiger charge is -2.15. The number of hydrogen-bond acceptors (Lipinski definition) is 2. The van der Waals surface area contributed by atoms with Gasteiger partial charge in [-0.3, -0.25) is 4.79 Å². The maximum Gasteiger partial charge on any atom is 0.258 e. The van der Waals surface area contributed by atoms with Crippen molar-refractivity contribution >= 4 is 21.8 Å². The fourth-order valence-corrected chi connectivity index (χ4v) is 2.68. The molecule has 0 radical (unpaired) electrons. The summed E-state index contributed by atoms with van der Waals surface area (Å²) in [5.41, 5.74) is 2.03. The van der Waals surface area contributed by atoms with Gasteiger partial charge < -0.3 is 10.1 Å². The molecule has 23 heavy (non-hydrogen) atoms. The first-order chi connectivity index (χ1) is 11.0. The predicted molar refractivity (Wildman–Crippen MR) is 92.0 cm³/mol. The van der Waals surface area contributed by atoms with Crippen LogP contribution in [0.25, 0.3) is 0 Å². The first-order valence-electron chi connectivity index (χ1n) is 7.45. The molecule has 0 aliphatic carbocycles. The van der Waals surface area contributed by atoms with Crippen LogP contribution in [0.1, 0.15) is 31.0 Å². The number of carbonyl (C=O) groups is 1. The molecule has 1 N–H and O–H groups in total. The third-order valence-corrected chi connectivity index (χ3v) is 4.13. The van der Waals surface area contributed by atoms with E-state index >= 15 is 0 Å². The number of rotatable bonds is 6. The minimum absolute atomic E-state index is 0.0738. The molecule has 0 aliphatic rings. The van der Waals surface area contributed by atoms with E-state index in [1.54, 1.807) is 12.1 Å². The smallest absolute Gasteiger partial charge is 0.258 e. The van der Waals surface area contributed by atoms with Gasteiger partial charge in [0.2, 0.25) is 0 Å². The minimum atomic E-state index is -0.295. The van der Waals surface area contributed by atoms with E-state index in [0.29, 0.717) is 5.75 Å². The van der Waals surface area contributed by atoms with Crippen molar-refractivity contribution < 1.29 is 13.9 Å². The zero-order chi connectivity index (χ0) is 16.8. The van der Waals surface area contributed by atoms with E-state index in [-0.39, 0.29) is 24.4 Å². The zero-order valence-corrected chi connectivity index (χ0v) is 14.7. The molecule has 0 spiro atoms. The van der Waals surface area contributed by atoms with Crippen LogP contribution in [0.4, 0.5) is 4.39 Å². The number of halogens is 2. The third-order valence-electron chi connectivity index (χ3n) is 3.51. The highest BCUT2D eigenvalue weighted by atomic mass is 79.9. The molecule has 122 valence electrons. The van der Waals surface area contributed by atoms with Gasteiger partial charge in [-0.25, -0.2) is 4.39 Å². The summed E-state index contributed by atoms with van der Waals surface area (Å²) in [4.78, 5) is 12.0. The highest BCUT2D eigenvalue weighted by Gasteiger charge is 2.11. The highest BCUT2D eigenvalue weighted by molar-refractivity contribution is 9.10. The van der Waals surface area contributed by atoms with Crippen molar-refractivity contribution in [3.63, 3.8) is 0 Å². The van der Waals surface area contributed by atoms with Crippen LogP contribution in [0.5, 0.6) is 5.75 Å². The molecule has 0 fully saturated rings. The van der Waals surface area contributed by atoms with E-state index < -0.39 is 0 Å². The van der Waals surface area contributed by atoms with Crippen molar-refractivity contribution in [3.05, 3.63) is 63.9 Å². The molecule has 0 saturated carbocycles. The molecule has 0 aromatic heterocycles. The van der Waals surface area contributed by atoms with Gasteiger partial charge in [-0.1, -0.05) is 25.1 Å². The Labute approximate surface area is 144 Å². The Kier molecular flexibility index (Phi) is 6.16. The monoisotopic (exact) mass is 379 g/mol. The van der Waals surface area contributed by atoms with Crippen molar-refractivity contribution in [2.24, 2.45) is 0 Å². The molecule has 0 aliphatic heterocycles. The summed E-state index contributed by atoms with van der Waals surface area (Å²) < 4.78 is 19.3. The van der Waals surface area contributed by atoms with Crippen LogP contribution in [0.15, 0.2) is 46.9 Å². The van der Waals surface area contributed by atoms with Crippen molar-refractivity contribution in [3.8, 4) is 5.75 Å². The topological polar surface area (TPSA) is 38.3 Å². The lowest BCUT2D eigenvalue weighted by Crippen LogP contribution is -2.31. The molecule has 3 nitrogen and oxygen atoms in total. The molecule has 1 atom stereocenters. The third kappa shape index (κ3) is 5.06. The number of hydrogen-bond donors (Lipinski definition) is 1. The van der Waals surface area contributed by atoms with Gasteiger partial charge in [-0.05, 0) is 64.7 Å². The van der Waals surface area contributed by atoms with Gasteiger partial charge >= 0.3 is 0 Å².